The molecule has 0 radical (unpaired) electrons. The molecule has 0 fully saturated rings. The number of H-pyrrole nitrogens is 1. The summed E-state index contributed by atoms with van der Waals surface area (Å²) in [7, 11) is 1.47. The maximum absolute atomic E-state index is 9.43. The monoisotopic (exact) mass is 221 g/mol. The molecule has 2 rings (SSSR count). The molecule has 1 unspecified atom stereocenters. The highest BCUT2D eigenvalue weighted by Crippen LogP contribution is 2.29. The number of phenolic OH excluding ortho intramolecular Hbond substituents is 1. The number of nitrogens with zero attached hydrogens (tertiary/aromatic N) is 3. The molecule has 2 aromatic rings. The van der Waals surface area contributed by atoms with Crippen LogP contribution in [0.25, 0.3) is 0 Å². The van der Waals surface area contributed by atoms with Crippen LogP contribution in [-0.2, 0) is 0 Å². The Hall–Kier alpha value is -2.15. The molecule has 0 amide bonds. The molecule has 0 saturated carbocycles. The van der Waals surface area contributed by atoms with Gasteiger partial charge in [0.05, 0.1) is 13.2 Å². The van der Waals surface area contributed by atoms with Crippen LogP contribution in [-0.4, -0.2) is 32.8 Å². The van der Waals surface area contributed by atoms with Crippen molar-refractivity contribution in [3.05, 3.63) is 29.6 Å². The van der Waals surface area contributed by atoms with Gasteiger partial charge in [0.2, 0.25) is 0 Å². The van der Waals surface area contributed by atoms with E-state index in [2.05, 4.69) is 20.6 Å². The second-order valence-electron chi connectivity index (χ2n) is 3.18. The van der Waals surface area contributed by atoms with E-state index in [0.29, 0.717) is 11.6 Å². The first-order valence-corrected chi connectivity index (χ1v) is 4.58. The summed E-state index contributed by atoms with van der Waals surface area (Å²) >= 11 is 0. The number of aromatic amines is 1. The van der Waals surface area contributed by atoms with Crippen LogP contribution in [0.1, 0.15) is 17.4 Å². The largest absolute Gasteiger partial charge is 0.504 e. The van der Waals surface area contributed by atoms with Crippen molar-refractivity contribution in [1.82, 2.24) is 20.6 Å². The van der Waals surface area contributed by atoms with Crippen LogP contribution in [0, 0.1) is 0 Å². The van der Waals surface area contributed by atoms with Gasteiger partial charge in [0.25, 0.3) is 0 Å². The van der Waals surface area contributed by atoms with Crippen LogP contribution >= 0.6 is 0 Å². The second-order valence-corrected chi connectivity index (χ2v) is 3.18. The van der Waals surface area contributed by atoms with Gasteiger partial charge >= 0.3 is 0 Å². The lowest BCUT2D eigenvalue weighted by Crippen LogP contribution is -2.13. The average molecular weight is 221 g/mol. The van der Waals surface area contributed by atoms with E-state index in [4.69, 9.17) is 10.5 Å². The molecular formula is C9H11N5O2. The van der Waals surface area contributed by atoms with Crippen molar-refractivity contribution in [2.24, 2.45) is 5.73 Å². The lowest BCUT2D eigenvalue weighted by Gasteiger charge is -2.10. The predicted molar refractivity (Wildman–Crippen MR) is 54.9 cm³/mol. The number of hydrogen-bond donors (Lipinski definition) is 3. The Kier molecular flexibility index (Phi) is 2.69. The smallest absolute Gasteiger partial charge is 0.195 e. The minimum Gasteiger partial charge on any atom is -0.504 e. The maximum Gasteiger partial charge on any atom is 0.195 e. The number of rotatable bonds is 3. The Balaban J connectivity index is 2.34. The first-order chi connectivity index (χ1) is 7.72. The maximum atomic E-state index is 9.43. The Labute approximate surface area is 91.2 Å². The fraction of sp³-hybridized carbons (Fsp3) is 0.222. The average Bonchev–Trinajstić information content (AvgIpc) is 2.82. The molecule has 0 saturated heterocycles. The van der Waals surface area contributed by atoms with E-state index in [9.17, 15) is 5.11 Å². The highest BCUT2D eigenvalue weighted by atomic mass is 16.5. The lowest BCUT2D eigenvalue weighted by atomic mass is 10.1. The highest BCUT2D eigenvalue weighted by molar-refractivity contribution is 5.43. The summed E-state index contributed by atoms with van der Waals surface area (Å²) in [6, 6.07) is 4.32. The number of nitrogens with one attached hydrogen (secondary N) is 1. The van der Waals surface area contributed by atoms with Gasteiger partial charge in [-0.15, -0.1) is 10.2 Å². The fourth-order valence-electron chi connectivity index (χ4n) is 1.34. The predicted octanol–water partition coefficient (Wildman–Crippen LogP) is -0.0380. The molecular weight excluding hydrogens is 210 g/mol. The summed E-state index contributed by atoms with van der Waals surface area (Å²) in [5.41, 5.74) is 6.64. The first-order valence-electron chi connectivity index (χ1n) is 4.58. The highest BCUT2D eigenvalue weighted by Gasteiger charge is 2.15. The zero-order valence-corrected chi connectivity index (χ0v) is 8.58. The zero-order valence-electron chi connectivity index (χ0n) is 8.58. The van der Waals surface area contributed by atoms with Gasteiger partial charge in [0.15, 0.2) is 17.3 Å². The number of methoxy groups -OCH3 is 1. The van der Waals surface area contributed by atoms with E-state index >= 15 is 0 Å². The fourth-order valence-corrected chi connectivity index (χ4v) is 1.34. The van der Waals surface area contributed by atoms with Crippen molar-refractivity contribution in [3.63, 3.8) is 0 Å². The molecule has 0 spiro atoms. The molecule has 7 heteroatoms. The van der Waals surface area contributed by atoms with Gasteiger partial charge < -0.3 is 15.6 Å². The molecule has 1 aromatic heterocycles. The molecule has 0 aliphatic carbocycles. The third kappa shape index (κ3) is 1.80. The van der Waals surface area contributed by atoms with Gasteiger partial charge in [-0.25, -0.2) is 0 Å². The quantitative estimate of drug-likeness (QED) is 0.670. The molecule has 0 bridgehead atoms. The number of tetrazole rings is 1. The van der Waals surface area contributed by atoms with Crippen molar-refractivity contribution in [2.75, 3.05) is 7.11 Å². The third-order valence-electron chi connectivity index (χ3n) is 2.20. The standard InChI is InChI=1S/C9H11N5O2/c1-16-7-4-5(2-3-6(7)15)8(10)9-11-13-14-12-9/h2-4,8,15H,10H2,1H3,(H,11,12,13,14). The second kappa shape index (κ2) is 4.15. The van der Waals surface area contributed by atoms with E-state index < -0.39 is 6.04 Å². The summed E-state index contributed by atoms with van der Waals surface area (Å²) < 4.78 is 4.98. The van der Waals surface area contributed by atoms with Gasteiger partial charge in [0, 0.05) is 0 Å². The Morgan fingerprint density at radius 3 is 2.94 bits per heavy atom. The molecule has 16 heavy (non-hydrogen) atoms. The lowest BCUT2D eigenvalue weighted by molar-refractivity contribution is 0.372. The Morgan fingerprint density at radius 1 is 1.50 bits per heavy atom. The van der Waals surface area contributed by atoms with Crippen LogP contribution in [0.3, 0.4) is 0 Å². The molecule has 1 aromatic carbocycles. The van der Waals surface area contributed by atoms with E-state index in [1.807, 2.05) is 0 Å². The minimum absolute atomic E-state index is 0.0616. The van der Waals surface area contributed by atoms with E-state index in [1.54, 1.807) is 12.1 Å². The number of aromatic nitrogens is 4. The van der Waals surface area contributed by atoms with Crippen molar-refractivity contribution in [2.45, 2.75) is 6.04 Å². The summed E-state index contributed by atoms with van der Waals surface area (Å²) in [6.45, 7) is 0. The third-order valence-corrected chi connectivity index (χ3v) is 2.20. The van der Waals surface area contributed by atoms with Crippen LogP contribution in [0.15, 0.2) is 18.2 Å². The number of benzene rings is 1. The molecule has 84 valence electrons. The Bertz CT molecular complexity index is 471. The van der Waals surface area contributed by atoms with Crippen molar-refractivity contribution >= 4 is 0 Å². The molecule has 4 N–H and O–H groups in total. The van der Waals surface area contributed by atoms with E-state index in [0.717, 1.165) is 5.56 Å². The molecule has 0 aliphatic heterocycles. The number of ether oxygens (including phenoxy) is 1. The van der Waals surface area contributed by atoms with E-state index in [1.165, 1.54) is 13.2 Å². The van der Waals surface area contributed by atoms with Crippen molar-refractivity contribution < 1.29 is 9.84 Å². The van der Waals surface area contributed by atoms with Crippen molar-refractivity contribution in [1.29, 1.82) is 0 Å². The van der Waals surface area contributed by atoms with Gasteiger partial charge in [-0.3, -0.25) is 0 Å². The summed E-state index contributed by atoms with van der Waals surface area (Å²) in [6.07, 6.45) is 0. The van der Waals surface area contributed by atoms with Crippen LogP contribution < -0.4 is 10.5 Å². The van der Waals surface area contributed by atoms with Gasteiger partial charge in [-0.2, -0.15) is 5.21 Å². The van der Waals surface area contributed by atoms with Crippen molar-refractivity contribution in [3.8, 4) is 11.5 Å². The number of hydrogen-bond acceptors (Lipinski definition) is 6. The number of phenols is 1. The van der Waals surface area contributed by atoms with E-state index in [-0.39, 0.29) is 5.75 Å². The van der Waals surface area contributed by atoms with Gasteiger partial charge in [-0.1, -0.05) is 11.3 Å². The van der Waals surface area contributed by atoms with Gasteiger partial charge in [-0.05, 0) is 17.7 Å². The van der Waals surface area contributed by atoms with Crippen LogP contribution in [0.5, 0.6) is 11.5 Å². The zero-order chi connectivity index (χ0) is 11.5. The normalized spacial score (nSPS) is 12.4. The first kappa shape index (κ1) is 10.4. The molecule has 1 heterocycles. The SMILES string of the molecule is COc1cc(C(N)c2nn[nH]n2)ccc1O. The number of nitrogens with two attached hydrogens (primary N) is 1. The van der Waals surface area contributed by atoms with Crippen LogP contribution in [0.2, 0.25) is 0 Å². The summed E-state index contributed by atoms with van der Waals surface area (Å²) in [5.74, 6) is 0.802. The molecule has 7 nitrogen and oxygen atoms in total. The topological polar surface area (TPSA) is 110 Å². The minimum atomic E-state index is -0.506. The summed E-state index contributed by atoms with van der Waals surface area (Å²) in [4.78, 5) is 0. The Morgan fingerprint density at radius 2 is 2.31 bits per heavy atom. The summed E-state index contributed by atoms with van der Waals surface area (Å²) in [5, 5.41) is 22.8. The molecule has 0 aliphatic rings. The van der Waals surface area contributed by atoms with Gasteiger partial charge in [0.1, 0.15) is 0 Å². The van der Waals surface area contributed by atoms with Crippen LogP contribution in [0.4, 0.5) is 0 Å². The number of aromatic hydroxyl groups is 1. The molecule has 1 atom stereocenters.